The van der Waals surface area contributed by atoms with Crippen LogP contribution in [0.3, 0.4) is 0 Å². The minimum absolute atomic E-state index is 0.166. The highest BCUT2D eigenvalue weighted by Crippen LogP contribution is 1.96. The Kier molecular flexibility index (Phi) is 3.11. The second-order valence-corrected chi connectivity index (χ2v) is 2.65. The second-order valence-electron chi connectivity index (χ2n) is 2.65. The van der Waals surface area contributed by atoms with E-state index < -0.39 is 11.6 Å². The number of nitrogens with one attached hydrogen (secondary N) is 2. The topological polar surface area (TPSA) is 81.6 Å². The van der Waals surface area contributed by atoms with Gasteiger partial charge in [0.1, 0.15) is 0 Å². The lowest BCUT2D eigenvalue weighted by molar-refractivity contribution is 0.0806. The number of amides is 1. The first-order valence-corrected chi connectivity index (χ1v) is 2.86. The molecule has 5 nitrogen and oxygen atoms in total. The van der Waals surface area contributed by atoms with E-state index in [4.69, 9.17) is 10.3 Å². The number of hydroxylamine groups is 1. The van der Waals surface area contributed by atoms with Gasteiger partial charge in [-0.1, -0.05) is 0 Å². The van der Waals surface area contributed by atoms with Gasteiger partial charge in [0.25, 0.3) is 0 Å². The zero-order valence-corrected chi connectivity index (χ0v) is 6.01. The third-order valence-corrected chi connectivity index (χ3v) is 0.984. The zero-order valence-electron chi connectivity index (χ0n) is 6.01. The minimum Gasteiger partial charge on any atom is -0.465 e. The van der Waals surface area contributed by atoms with Gasteiger partial charge < -0.3 is 15.6 Å². The maximum atomic E-state index is 9.94. The van der Waals surface area contributed by atoms with Gasteiger partial charge in [-0.05, 0) is 13.8 Å². The van der Waals surface area contributed by atoms with Crippen LogP contribution in [0.2, 0.25) is 0 Å². The van der Waals surface area contributed by atoms with Crippen LogP contribution in [-0.2, 0) is 0 Å². The molecule has 1 amide bonds. The molecule has 0 aliphatic rings. The van der Waals surface area contributed by atoms with E-state index in [2.05, 4.69) is 5.32 Å². The lowest BCUT2D eigenvalue weighted by atomic mass is 10.1. The molecule has 0 radical (unpaired) electrons. The van der Waals surface area contributed by atoms with Crippen molar-refractivity contribution in [1.82, 2.24) is 10.8 Å². The number of hydrogen-bond donors (Lipinski definition) is 4. The first-order chi connectivity index (χ1) is 4.48. The molecule has 0 aromatic rings. The van der Waals surface area contributed by atoms with E-state index in [1.54, 1.807) is 13.8 Å². The predicted molar refractivity (Wildman–Crippen MR) is 35.0 cm³/mol. The van der Waals surface area contributed by atoms with E-state index in [9.17, 15) is 4.79 Å². The summed E-state index contributed by atoms with van der Waals surface area (Å²) in [6, 6.07) is 0. The Bertz CT molecular complexity index is 124. The molecule has 0 heterocycles. The molecule has 0 atom stereocenters. The Balaban J connectivity index is 3.56. The fourth-order valence-electron chi connectivity index (χ4n) is 0.336. The average Bonchev–Trinajstić information content (AvgIpc) is 1.85. The maximum absolute atomic E-state index is 9.94. The highest BCUT2D eigenvalue weighted by molar-refractivity contribution is 5.64. The SMILES string of the molecule is CC(C)(CNC(=O)O)NO. The molecular weight excluding hydrogens is 136 g/mol. The summed E-state index contributed by atoms with van der Waals surface area (Å²) in [5, 5.41) is 18.7. The van der Waals surface area contributed by atoms with Gasteiger partial charge in [0.15, 0.2) is 0 Å². The smallest absolute Gasteiger partial charge is 0.404 e. The summed E-state index contributed by atoms with van der Waals surface area (Å²) in [5.74, 6) is 0. The molecule has 10 heavy (non-hydrogen) atoms. The summed E-state index contributed by atoms with van der Waals surface area (Å²) in [4.78, 5) is 9.94. The molecule has 4 N–H and O–H groups in total. The van der Waals surface area contributed by atoms with Gasteiger partial charge in [-0.3, -0.25) is 0 Å². The monoisotopic (exact) mass is 148 g/mol. The molecule has 0 bridgehead atoms. The van der Waals surface area contributed by atoms with Crippen molar-refractivity contribution < 1.29 is 15.1 Å². The third kappa shape index (κ3) is 4.11. The Morgan fingerprint density at radius 2 is 2.10 bits per heavy atom. The highest BCUT2D eigenvalue weighted by Gasteiger charge is 2.16. The molecule has 0 aliphatic heterocycles. The Morgan fingerprint density at radius 1 is 1.60 bits per heavy atom. The quantitative estimate of drug-likeness (QED) is 0.425. The highest BCUT2D eigenvalue weighted by atomic mass is 16.5. The van der Waals surface area contributed by atoms with Gasteiger partial charge >= 0.3 is 6.09 Å². The summed E-state index contributed by atoms with van der Waals surface area (Å²) in [7, 11) is 0. The summed E-state index contributed by atoms with van der Waals surface area (Å²) >= 11 is 0. The molecule has 0 aromatic heterocycles. The second kappa shape index (κ2) is 3.38. The van der Waals surface area contributed by atoms with Crippen LogP contribution < -0.4 is 10.8 Å². The predicted octanol–water partition coefficient (Wildman–Crippen LogP) is 0.0114. The molecule has 60 valence electrons. The summed E-state index contributed by atoms with van der Waals surface area (Å²) in [6.45, 7) is 3.50. The molecule has 0 aromatic carbocycles. The van der Waals surface area contributed by atoms with Gasteiger partial charge in [-0.25, -0.2) is 4.79 Å². The lowest BCUT2D eigenvalue weighted by Gasteiger charge is -2.21. The van der Waals surface area contributed by atoms with Crippen LogP contribution >= 0.6 is 0 Å². The molecule has 0 fully saturated rings. The fraction of sp³-hybridized carbons (Fsp3) is 0.800. The van der Waals surface area contributed by atoms with E-state index in [1.165, 1.54) is 0 Å². The summed E-state index contributed by atoms with van der Waals surface area (Å²) < 4.78 is 0. The van der Waals surface area contributed by atoms with Crippen molar-refractivity contribution in [2.45, 2.75) is 19.4 Å². The van der Waals surface area contributed by atoms with Gasteiger partial charge in [0.2, 0.25) is 0 Å². The van der Waals surface area contributed by atoms with Crippen molar-refractivity contribution in [2.75, 3.05) is 6.54 Å². The summed E-state index contributed by atoms with van der Waals surface area (Å²) in [5.41, 5.74) is 1.36. The zero-order chi connectivity index (χ0) is 8.20. The largest absolute Gasteiger partial charge is 0.465 e. The number of hydrogen-bond acceptors (Lipinski definition) is 3. The van der Waals surface area contributed by atoms with Crippen molar-refractivity contribution in [2.24, 2.45) is 0 Å². The van der Waals surface area contributed by atoms with Crippen molar-refractivity contribution in [3.63, 3.8) is 0 Å². The van der Waals surface area contributed by atoms with Crippen molar-refractivity contribution in [3.8, 4) is 0 Å². The van der Waals surface area contributed by atoms with Crippen molar-refractivity contribution >= 4 is 6.09 Å². The summed E-state index contributed by atoms with van der Waals surface area (Å²) in [6.07, 6.45) is -1.09. The molecule has 0 saturated carbocycles. The van der Waals surface area contributed by atoms with E-state index in [-0.39, 0.29) is 6.54 Å². The van der Waals surface area contributed by atoms with Crippen molar-refractivity contribution in [1.29, 1.82) is 0 Å². The Labute approximate surface area is 59.0 Å². The standard InChI is InChI=1S/C5H12N2O3/c1-5(2,7-10)3-6-4(8)9/h6-7,10H,3H2,1-2H3,(H,8,9). The average molecular weight is 148 g/mol. The Hall–Kier alpha value is -0.810. The molecule has 0 unspecified atom stereocenters. The van der Waals surface area contributed by atoms with Crippen molar-refractivity contribution in [3.05, 3.63) is 0 Å². The number of carbonyl (C=O) groups is 1. The first-order valence-electron chi connectivity index (χ1n) is 2.86. The van der Waals surface area contributed by atoms with Crippen LogP contribution in [0.15, 0.2) is 0 Å². The normalized spacial score (nSPS) is 11.1. The van der Waals surface area contributed by atoms with E-state index in [1.807, 2.05) is 5.48 Å². The van der Waals surface area contributed by atoms with Crippen LogP contribution in [-0.4, -0.2) is 28.5 Å². The van der Waals surface area contributed by atoms with Crippen LogP contribution in [0.4, 0.5) is 4.79 Å². The Morgan fingerprint density at radius 3 is 2.40 bits per heavy atom. The number of carboxylic acid groups (broad SMARTS) is 1. The van der Waals surface area contributed by atoms with E-state index in [0.29, 0.717) is 0 Å². The molecular formula is C5H12N2O3. The lowest BCUT2D eigenvalue weighted by Crippen LogP contribution is -2.47. The molecule has 0 rings (SSSR count). The van der Waals surface area contributed by atoms with Gasteiger partial charge in [0.05, 0.1) is 5.54 Å². The van der Waals surface area contributed by atoms with E-state index in [0.717, 1.165) is 0 Å². The van der Waals surface area contributed by atoms with E-state index >= 15 is 0 Å². The van der Waals surface area contributed by atoms with Crippen LogP contribution in [0.1, 0.15) is 13.8 Å². The van der Waals surface area contributed by atoms with Crippen LogP contribution in [0.25, 0.3) is 0 Å². The van der Waals surface area contributed by atoms with Gasteiger partial charge in [-0.15, -0.1) is 0 Å². The minimum atomic E-state index is -1.09. The van der Waals surface area contributed by atoms with Crippen LogP contribution in [0.5, 0.6) is 0 Å². The molecule has 0 saturated heterocycles. The number of rotatable bonds is 3. The van der Waals surface area contributed by atoms with Crippen LogP contribution in [0, 0.1) is 0 Å². The molecule has 0 aliphatic carbocycles. The molecule has 5 heteroatoms. The van der Waals surface area contributed by atoms with Gasteiger partial charge in [0, 0.05) is 6.54 Å². The molecule has 0 spiro atoms. The maximum Gasteiger partial charge on any atom is 0.404 e. The fourth-order valence-corrected chi connectivity index (χ4v) is 0.336. The first kappa shape index (κ1) is 9.19. The van der Waals surface area contributed by atoms with Gasteiger partial charge in [-0.2, -0.15) is 5.48 Å². The third-order valence-electron chi connectivity index (χ3n) is 0.984.